The summed E-state index contributed by atoms with van der Waals surface area (Å²) in [5.74, 6) is -0.584. The average molecular weight is 730 g/mol. The highest BCUT2D eigenvalue weighted by Crippen LogP contribution is 2.53. The van der Waals surface area contributed by atoms with Gasteiger partial charge in [0.15, 0.2) is 10.8 Å². The zero-order chi connectivity index (χ0) is 34.1. The van der Waals surface area contributed by atoms with E-state index in [0.717, 1.165) is 0 Å². The molecule has 1 unspecified atom stereocenters. The molecule has 5 heterocycles. The molecule has 16 heteroatoms. The maximum atomic E-state index is 14.2. The van der Waals surface area contributed by atoms with E-state index in [-0.39, 0.29) is 35.5 Å². The number of alkyl halides is 2. The zero-order valence-corrected chi connectivity index (χ0v) is 28.2. The van der Waals surface area contributed by atoms with E-state index in [2.05, 4.69) is 19.8 Å². The van der Waals surface area contributed by atoms with Crippen molar-refractivity contribution in [1.82, 2.24) is 29.4 Å². The van der Waals surface area contributed by atoms with E-state index in [4.69, 9.17) is 16.6 Å². The molecular formula is C33H31ClF3N7O3S2. The van der Waals surface area contributed by atoms with Crippen LogP contribution in [0.15, 0.2) is 77.1 Å². The molecule has 3 aromatic heterocycles. The van der Waals surface area contributed by atoms with E-state index in [1.165, 1.54) is 41.8 Å². The van der Waals surface area contributed by atoms with Gasteiger partial charge in [-0.2, -0.15) is 13.9 Å². The number of hydrogen-bond acceptors (Lipinski definition) is 9. The summed E-state index contributed by atoms with van der Waals surface area (Å²) in [4.78, 5) is 15.7. The van der Waals surface area contributed by atoms with Crippen molar-refractivity contribution in [1.29, 1.82) is 0 Å². The van der Waals surface area contributed by atoms with Crippen molar-refractivity contribution < 1.29 is 26.7 Å². The van der Waals surface area contributed by atoms with Crippen LogP contribution < -0.4 is 4.72 Å². The van der Waals surface area contributed by atoms with E-state index >= 15 is 0 Å². The van der Waals surface area contributed by atoms with Crippen molar-refractivity contribution >= 4 is 44.4 Å². The summed E-state index contributed by atoms with van der Waals surface area (Å²) in [6.45, 7) is -2.68. The molecule has 1 saturated heterocycles. The van der Waals surface area contributed by atoms with Crippen LogP contribution >= 0.6 is 22.9 Å². The monoisotopic (exact) mass is 729 g/mol. The van der Waals surface area contributed by atoms with Gasteiger partial charge in [0.05, 0.1) is 16.6 Å². The van der Waals surface area contributed by atoms with Crippen LogP contribution in [0.2, 0.25) is 5.02 Å². The van der Waals surface area contributed by atoms with Gasteiger partial charge in [0, 0.05) is 64.8 Å². The number of thiazole rings is 1. The van der Waals surface area contributed by atoms with E-state index in [9.17, 15) is 26.7 Å². The van der Waals surface area contributed by atoms with Crippen LogP contribution in [-0.2, 0) is 15.6 Å². The second-order valence-electron chi connectivity index (χ2n) is 13.1. The molecule has 2 saturated carbocycles. The highest BCUT2D eigenvalue weighted by molar-refractivity contribution is 7.90. The zero-order valence-electron chi connectivity index (χ0n) is 25.8. The number of halogens is 4. The number of pyridine rings is 1. The number of aliphatic hydroxyl groups is 1. The Kier molecular flexibility index (Phi) is 8.18. The number of sulfonamides is 1. The lowest BCUT2D eigenvalue weighted by molar-refractivity contribution is -0.0278. The first-order valence-electron chi connectivity index (χ1n) is 15.9. The molecule has 2 aliphatic heterocycles. The number of aliphatic imine (C=N–C) groups is 1. The number of amidine groups is 1. The molecule has 10 nitrogen and oxygen atoms in total. The van der Waals surface area contributed by atoms with Crippen LogP contribution in [0.25, 0.3) is 5.57 Å². The summed E-state index contributed by atoms with van der Waals surface area (Å²) in [7, 11) is -3.88. The number of nitrogens with one attached hydrogen (secondary N) is 1. The standard InChI is InChI=1S/C33H31ClF3N7O3S2/c34-23-13-20(35)6-7-22(23)28-27(24-8-11-44(41-24)32(36)37)25-14-21(17-43(25)30(40-28)31-39-10-12-48-31)42-49(46,47)29-18-4-5-19(29)16-33(45,15-18)26-3-1-2-9-38-26/h1-3,6-13,18-19,21,28-29,32,42,45H,4-5,14-17H2/t18-,19?,21-,28-,29+,33-/m0/s1. The van der Waals surface area contributed by atoms with Gasteiger partial charge >= 0.3 is 6.55 Å². The van der Waals surface area contributed by atoms with Gasteiger partial charge in [0.25, 0.3) is 0 Å². The first-order valence-corrected chi connectivity index (χ1v) is 18.7. The largest absolute Gasteiger partial charge is 0.384 e. The molecule has 2 aliphatic carbocycles. The van der Waals surface area contributed by atoms with Crippen LogP contribution in [0.1, 0.15) is 66.7 Å². The molecule has 4 aromatic rings. The normalized spacial score (nSPS) is 28.3. The van der Waals surface area contributed by atoms with Crippen molar-refractivity contribution in [3.05, 3.63) is 105 Å². The minimum Gasteiger partial charge on any atom is -0.384 e. The number of aromatic nitrogens is 4. The predicted molar refractivity (Wildman–Crippen MR) is 178 cm³/mol. The lowest BCUT2D eigenvalue weighted by Crippen LogP contribution is -2.51. The van der Waals surface area contributed by atoms with Gasteiger partial charge in [0.1, 0.15) is 17.5 Å². The Balaban J connectivity index is 1.16. The van der Waals surface area contributed by atoms with Gasteiger partial charge in [-0.15, -0.1) is 11.3 Å². The van der Waals surface area contributed by atoms with E-state index in [0.29, 0.717) is 63.7 Å². The fourth-order valence-corrected chi connectivity index (χ4v) is 11.4. The van der Waals surface area contributed by atoms with Gasteiger partial charge < -0.3 is 10.0 Å². The fourth-order valence-electron chi connectivity index (χ4n) is 8.23. The van der Waals surface area contributed by atoms with Crippen molar-refractivity contribution in [3.8, 4) is 0 Å². The molecule has 256 valence electrons. The molecule has 0 spiro atoms. The fraction of sp³-hybridized carbons (Fsp3) is 0.394. The second kappa shape index (κ2) is 12.3. The van der Waals surface area contributed by atoms with Crippen LogP contribution in [0, 0.1) is 17.7 Å². The Bertz CT molecular complexity index is 2050. The first kappa shape index (κ1) is 32.6. The van der Waals surface area contributed by atoms with Crippen LogP contribution in [0.5, 0.6) is 0 Å². The molecule has 3 fully saturated rings. The molecule has 49 heavy (non-hydrogen) atoms. The van der Waals surface area contributed by atoms with Gasteiger partial charge in [-0.25, -0.2) is 27.2 Å². The molecule has 6 atom stereocenters. The van der Waals surface area contributed by atoms with Crippen molar-refractivity contribution in [3.63, 3.8) is 0 Å². The Labute approximate surface area is 289 Å². The number of nitrogens with zero attached hydrogens (tertiary/aromatic N) is 6. The molecule has 2 N–H and O–H groups in total. The Morgan fingerprint density at radius 2 is 1.88 bits per heavy atom. The molecule has 1 aromatic carbocycles. The molecular weight excluding hydrogens is 699 g/mol. The Morgan fingerprint density at radius 3 is 2.53 bits per heavy atom. The number of rotatable bonds is 8. The Hall–Kier alpha value is -3.63. The minimum atomic E-state index is -3.88. The third-order valence-corrected chi connectivity index (χ3v) is 13.3. The summed E-state index contributed by atoms with van der Waals surface area (Å²) >= 11 is 7.91. The van der Waals surface area contributed by atoms with E-state index < -0.39 is 45.3 Å². The highest BCUT2D eigenvalue weighted by Gasteiger charge is 2.55. The van der Waals surface area contributed by atoms with Crippen molar-refractivity contribution in [2.45, 2.75) is 61.6 Å². The second-order valence-corrected chi connectivity index (χ2v) is 16.2. The van der Waals surface area contributed by atoms with Crippen molar-refractivity contribution in [2.75, 3.05) is 6.54 Å². The Morgan fingerprint density at radius 1 is 1.08 bits per heavy atom. The minimum absolute atomic E-state index is 0.0979. The summed E-state index contributed by atoms with van der Waals surface area (Å²) in [6, 6.07) is 9.30. The molecule has 8 rings (SSSR count). The first-order chi connectivity index (χ1) is 23.5. The van der Waals surface area contributed by atoms with E-state index in [1.807, 2.05) is 11.0 Å². The quantitative estimate of drug-likeness (QED) is 0.231. The third-order valence-electron chi connectivity index (χ3n) is 10.1. The topological polar surface area (TPSA) is 126 Å². The lowest BCUT2D eigenvalue weighted by atomic mass is 9.75. The summed E-state index contributed by atoms with van der Waals surface area (Å²) in [5, 5.41) is 17.5. The van der Waals surface area contributed by atoms with Gasteiger partial charge in [-0.05, 0) is 67.9 Å². The highest BCUT2D eigenvalue weighted by atomic mass is 35.5. The summed E-state index contributed by atoms with van der Waals surface area (Å²) in [5.41, 5.74) is 1.12. The smallest absolute Gasteiger partial charge is 0.333 e. The van der Waals surface area contributed by atoms with Gasteiger partial charge in [-0.3, -0.25) is 9.98 Å². The summed E-state index contributed by atoms with van der Waals surface area (Å²) in [6.07, 6.45) is 6.60. The van der Waals surface area contributed by atoms with Gasteiger partial charge in [-0.1, -0.05) is 23.7 Å². The van der Waals surface area contributed by atoms with Crippen LogP contribution in [0.4, 0.5) is 13.2 Å². The maximum Gasteiger partial charge on any atom is 0.333 e. The molecule has 0 amide bonds. The summed E-state index contributed by atoms with van der Waals surface area (Å²) < 4.78 is 73.6. The van der Waals surface area contributed by atoms with Gasteiger partial charge in [0.2, 0.25) is 10.0 Å². The number of hydrogen-bond donors (Lipinski definition) is 2. The number of fused-ring (bicyclic) bond motifs is 3. The van der Waals surface area contributed by atoms with Crippen LogP contribution in [0.3, 0.4) is 0 Å². The third kappa shape index (κ3) is 5.78. The number of benzene rings is 1. The van der Waals surface area contributed by atoms with Crippen LogP contribution in [-0.4, -0.2) is 61.8 Å². The SMILES string of the molecule is O=S(=O)(N[C@H]1CC2=C(c3ccn(C(F)F)n3)[C@H](c3ccc(F)cc3Cl)N=C(c3nccs3)N2C1)[C@H]1C2CC[C@H]1C[C@@](O)(c1ccccn1)C2. The lowest BCUT2D eigenvalue weighted by Gasteiger charge is -2.40. The molecule has 2 bridgehead atoms. The van der Waals surface area contributed by atoms with E-state index in [1.54, 1.807) is 29.9 Å². The maximum absolute atomic E-state index is 14.2. The predicted octanol–water partition coefficient (Wildman–Crippen LogP) is 5.91. The average Bonchev–Trinajstić information content (AvgIpc) is 3.88. The molecule has 4 aliphatic rings. The molecule has 0 radical (unpaired) electrons. The van der Waals surface area contributed by atoms with Crippen molar-refractivity contribution in [2.24, 2.45) is 16.8 Å².